The van der Waals surface area contributed by atoms with Crippen LogP contribution in [-0.2, 0) is 4.79 Å². The van der Waals surface area contributed by atoms with Crippen LogP contribution >= 0.6 is 34.2 Å². The van der Waals surface area contributed by atoms with E-state index >= 15 is 0 Å². The molecule has 0 spiro atoms. The smallest absolute Gasteiger partial charge is 0.337 e. The topological polar surface area (TPSA) is 57.6 Å². The van der Waals surface area contributed by atoms with Gasteiger partial charge in [0.25, 0.3) is 0 Å². The second-order valence-electron chi connectivity index (χ2n) is 3.75. The molecule has 1 aliphatic heterocycles. The van der Waals surface area contributed by atoms with Crippen molar-refractivity contribution < 1.29 is 14.7 Å². The van der Waals surface area contributed by atoms with E-state index < -0.39 is 5.97 Å². The molecule has 1 aromatic carbocycles. The molecule has 1 fully saturated rings. The van der Waals surface area contributed by atoms with Crippen LogP contribution in [0.15, 0.2) is 18.2 Å². The van der Waals surface area contributed by atoms with Gasteiger partial charge in [-0.3, -0.25) is 4.79 Å². The summed E-state index contributed by atoms with van der Waals surface area (Å²) >= 11 is 7.95. The minimum Gasteiger partial charge on any atom is -0.478 e. The molecule has 0 aromatic heterocycles. The standard InChI is InChI=1S/C11H9ClINO3/c12-6-4-9(15)14(5-6)10-7(11(16)17)2-1-3-8(10)13/h1-3,6H,4-5H2,(H,16,17). The van der Waals surface area contributed by atoms with Crippen molar-refractivity contribution in [3.8, 4) is 0 Å². The van der Waals surface area contributed by atoms with Gasteiger partial charge in [0.05, 0.1) is 16.6 Å². The first-order valence-corrected chi connectivity index (χ1v) is 6.48. The highest BCUT2D eigenvalue weighted by atomic mass is 127. The molecule has 1 saturated heterocycles. The maximum atomic E-state index is 11.8. The van der Waals surface area contributed by atoms with Crippen LogP contribution in [-0.4, -0.2) is 28.9 Å². The zero-order valence-electron chi connectivity index (χ0n) is 8.69. The average Bonchev–Trinajstić information content (AvgIpc) is 2.57. The highest BCUT2D eigenvalue weighted by Crippen LogP contribution is 2.31. The highest BCUT2D eigenvalue weighted by molar-refractivity contribution is 14.1. The third-order valence-corrected chi connectivity index (χ3v) is 3.73. The summed E-state index contributed by atoms with van der Waals surface area (Å²) in [6, 6.07) is 4.93. The summed E-state index contributed by atoms with van der Waals surface area (Å²) in [6.07, 6.45) is 0.256. The number of alkyl halides is 1. The first-order valence-electron chi connectivity index (χ1n) is 4.97. The van der Waals surface area contributed by atoms with Crippen molar-refractivity contribution in [1.82, 2.24) is 0 Å². The molecule has 6 heteroatoms. The van der Waals surface area contributed by atoms with E-state index in [9.17, 15) is 9.59 Å². The van der Waals surface area contributed by atoms with Gasteiger partial charge in [0, 0.05) is 16.5 Å². The zero-order chi connectivity index (χ0) is 12.6. The number of amides is 1. The van der Waals surface area contributed by atoms with E-state index in [1.54, 1.807) is 12.1 Å². The number of nitrogens with zero attached hydrogens (tertiary/aromatic N) is 1. The number of halogens is 2. The van der Waals surface area contributed by atoms with Crippen LogP contribution in [0.5, 0.6) is 0 Å². The molecule has 4 nitrogen and oxygen atoms in total. The van der Waals surface area contributed by atoms with Gasteiger partial charge in [0.2, 0.25) is 5.91 Å². The van der Waals surface area contributed by atoms with Crippen molar-refractivity contribution in [2.45, 2.75) is 11.8 Å². The van der Waals surface area contributed by atoms with Gasteiger partial charge < -0.3 is 10.0 Å². The Labute approximate surface area is 117 Å². The molecule has 17 heavy (non-hydrogen) atoms. The number of para-hydroxylation sites is 1. The number of rotatable bonds is 2. The molecule has 1 N–H and O–H groups in total. The fourth-order valence-corrected chi connectivity index (χ4v) is 2.90. The SMILES string of the molecule is O=C(O)c1cccc(I)c1N1CC(Cl)CC1=O. The molecule has 0 saturated carbocycles. The van der Waals surface area contributed by atoms with Gasteiger partial charge in [0.15, 0.2) is 0 Å². The number of carboxylic acid groups (broad SMARTS) is 1. The van der Waals surface area contributed by atoms with Crippen molar-refractivity contribution in [3.63, 3.8) is 0 Å². The van der Waals surface area contributed by atoms with Crippen molar-refractivity contribution in [2.75, 3.05) is 11.4 Å². The van der Waals surface area contributed by atoms with Crippen molar-refractivity contribution in [3.05, 3.63) is 27.3 Å². The van der Waals surface area contributed by atoms with Crippen LogP contribution in [0.1, 0.15) is 16.8 Å². The molecule has 0 aliphatic carbocycles. The lowest BCUT2D eigenvalue weighted by Gasteiger charge is -2.19. The predicted octanol–water partition coefficient (Wildman–Crippen LogP) is 2.33. The Hall–Kier alpha value is -0.820. The van der Waals surface area contributed by atoms with Crippen LogP contribution in [0.25, 0.3) is 0 Å². The van der Waals surface area contributed by atoms with Crippen LogP contribution in [0, 0.1) is 3.57 Å². The van der Waals surface area contributed by atoms with Crippen LogP contribution in [0.4, 0.5) is 5.69 Å². The molecule has 2 rings (SSSR count). The average molecular weight is 366 g/mol. The summed E-state index contributed by atoms with van der Waals surface area (Å²) in [5, 5.41) is 8.88. The normalized spacial score (nSPS) is 19.8. The lowest BCUT2D eigenvalue weighted by Crippen LogP contribution is -2.27. The van der Waals surface area contributed by atoms with Gasteiger partial charge >= 0.3 is 5.97 Å². The molecule has 0 bridgehead atoms. The number of hydrogen-bond donors (Lipinski definition) is 1. The van der Waals surface area contributed by atoms with E-state index in [2.05, 4.69) is 0 Å². The molecule has 1 amide bonds. The third kappa shape index (κ3) is 2.40. The van der Waals surface area contributed by atoms with Gasteiger partial charge in [-0.05, 0) is 34.7 Å². The quantitative estimate of drug-likeness (QED) is 0.646. The van der Waals surface area contributed by atoms with Crippen LogP contribution < -0.4 is 4.90 Å². The van der Waals surface area contributed by atoms with E-state index in [1.165, 1.54) is 11.0 Å². The Morgan fingerprint density at radius 3 is 2.76 bits per heavy atom. The van der Waals surface area contributed by atoms with E-state index in [0.717, 1.165) is 3.57 Å². The first-order chi connectivity index (χ1) is 8.00. The molecular formula is C11H9ClINO3. The summed E-state index contributed by atoms with van der Waals surface area (Å²) in [4.78, 5) is 24.4. The summed E-state index contributed by atoms with van der Waals surface area (Å²) in [5.41, 5.74) is 0.588. The second kappa shape index (κ2) is 4.81. The molecule has 1 atom stereocenters. The first kappa shape index (κ1) is 12.6. The minimum absolute atomic E-state index is 0.128. The fraction of sp³-hybridized carbons (Fsp3) is 0.273. The highest BCUT2D eigenvalue weighted by Gasteiger charge is 2.32. The van der Waals surface area contributed by atoms with E-state index in [4.69, 9.17) is 16.7 Å². The lowest BCUT2D eigenvalue weighted by atomic mass is 10.1. The Morgan fingerprint density at radius 1 is 1.53 bits per heavy atom. The summed E-state index contributed by atoms with van der Waals surface area (Å²) in [7, 11) is 0. The van der Waals surface area contributed by atoms with Gasteiger partial charge in [-0.15, -0.1) is 11.6 Å². The Balaban J connectivity index is 2.51. The molecule has 1 heterocycles. The van der Waals surface area contributed by atoms with E-state index in [0.29, 0.717) is 12.2 Å². The van der Waals surface area contributed by atoms with Gasteiger partial charge in [-0.1, -0.05) is 6.07 Å². The van der Waals surface area contributed by atoms with Crippen molar-refractivity contribution in [2.24, 2.45) is 0 Å². The van der Waals surface area contributed by atoms with E-state index in [1.807, 2.05) is 22.6 Å². The maximum absolute atomic E-state index is 11.8. The maximum Gasteiger partial charge on any atom is 0.337 e. The number of carbonyl (C=O) groups excluding carboxylic acids is 1. The molecule has 1 aromatic rings. The lowest BCUT2D eigenvalue weighted by molar-refractivity contribution is -0.117. The fourth-order valence-electron chi connectivity index (χ4n) is 1.84. The summed E-state index contributed by atoms with van der Waals surface area (Å²) in [6.45, 7) is 0.362. The monoisotopic (exact) mass is 365 g/mol. The van der Waals surface area contributed by atoms with Crippen LogP contribution in [0.3, 0.4) is 0 Å². The minimum atomic E-state index is -1.04. The number of hydrogen-bond acceptors (Lipinski definition) is 2. The van der Waals surface area contributed by atoms with Crippen molar-refractivity contribution in [1.29, 1.82) is 0 Å². The summed E-state index contributed by atoms with van der Waals surface area (Å²) < 4.78 is 0.738. The van der Waals surface area contributed by atoms with Gasteiger partial charge in [0.1, 0.15) is 0 Å². The number of carboxylic acids is 1. The van der Waals surface area contributed by atoms with Gasteiger partial charge in [-0.25, -0.2) is 4.79 Å². The number of aromatic carboxylic acids is 1. The Morgan fingerprint density at radius 2 is 2.24 bits per heavy atom. The number of benzene rings is 1. The summed E-state index contributed by atoms with van der Waals surface area (Å²) in [5.74, 6) is -1.17. The van der Waals surface area contributed by atoms with Crippen molar-refractivity contribution >= 4 is 51.8 Å². The molecular weight excluding hydrogens is 356 g/mol. The van der Waals surface area contributed by atoms with Gasteiger partial charge in [-0.2, -0.15) is 0 Å². The number of carbonyl (C=O) groups is 2. The molecule has 90 valence electrons. The predicted molar refractivity (Wildman–Crippen MR) is 72.7 cm³/mol. The zero-order valence-corrected chi connectivity index (χ0v) is 11.6. The third-order valence-electron chi connectivity index (χ3n) is 2.56. The largest absolute Gasteiger partial charge is 0.478 e. The molecule has 1 aliphatic rings. The molecule has 0 radical (unpaired) electrons. The van der Waals surface area contributed by atoms with E-state index in [-0.39, 0.29) is 23.3 Å². The molecule has 1 unspecified atom stereocenters. The Kier molecular flexibility index (Phi) is 3.58. The van der Waals surface area contributed by atoms with Crippen LogP contribution in [0.2, 0.25) is 0 Å². The Bertz CT molecular complexity index is 492. The number of anilines is 1. The second-order valence-corrected chi connectivity index (χ2v) is 5.53.